The highest BCUT2D eigenvalue weighted by Gasteiger charge is 2.52. The lowest BCUT2D eigenvalue weighted by atomic mass is 9.81. The summed E-state index contributed by atoms with van der Waals surface area (Å²) in [5.74, 6) is -0.325. The number of carbonyl (C=O) groups is 1. The molecule has 28 heavy (non-hydrogen) atoms. The van der Waals surface area contributed by atoms with Gasteiger partial charge in [0.05, 0.1) is 24.4 Å². The van der Waals surface area contributed by atoms with Crippen molar-refractivity contribution >= 4 is 18.5 Å². The SMILES string of the molecule is CC1(C)OB(c2cnc(OC[C@H]3CCN(C(=O)[C@@H](O)CO)C3)nc2)OC1(C)C. The third kappa shape index (κ3) is 4.30. The second-order valence-corrected chi connectivity index (χ2v) is 8.34. The van der Waals surface area contributed by atoms with E-state index in [1.54, 1.807) is 12.4 Å². The minimum Gasteiger partial charge on any atom is -0.463 e. The van der Waals surface area contributed by atoms with E-state index in [-0.39, 0.29) is 11.9 Å². The number of rotatable bonds is 6. The predicted molar refractivity (Wildman–Crippen MR) is 101 cm³/mol. The molecule has 1 aromatic rings. The number of nitrogens with zero attached hydrogens (tertiary/aromatic N) is 3. The van der Waals surface area contributed by atoms with E-state index >= 15 is 0 Å². The highest BCUT2D eigenvalue weighted by Crippen LogP contribution is 2.36. The summed E-state index contributed by atoms with van der Waals surface area (Å²) in [6.45, 7) is 8.75. The minimum atomic E-state index is -1.36. The van der Waals surface area contributed by atoms with Crippen molar-refractivity contribution in [2.75, 3.05) is 26.3 Å². The van der Waals surface area contributed by atoms with Crippen molar-refractivity contribution in [1.82, 2.24) is 14.9 Å². The number of likely N-dealkylation sites (tertiary alicyclic amines) is 1. The highest BCUT2D eigenvalue weighted by molar-refractivity contribution is 6.61. The summed E-state index contributed by atoms with van der Waals surface area (Å²) in [5, 5.41) is 18.3. The molecule has 0 bridgehead atoms. The molecule has 2 saturated heterocycles. The molecule has 3 rings (SSSR count). The zero-order chi connectivity index (χ0) is 20.5. The molecule has 2 fully saturated rings. The number of aliphatic hydroxyl groups excluding tert-OH is 2. The van der Waals surface area contributed by atoms with Gasteiger partial charge in [0.1, 0.15) is 0 Å². The molecule has 1 amide bonds. The fourth-order valence-electron chi connectivity index (χ4n) is 3.15. The third-order valence-electron chi connectivity index (χ3n) is 5.68. The highest BCUT2D eigenvalue weighted by atomic mass is 16.7. The molecule has 0 saturated carbocycles. The molecule has 1 aromatic heterocycles. The van der Waals surface area contributed by atoms with Gasteiger partial charge < -0.3 is 29.2 Å². The number of carbonyl (C=O) groups excluding carboxylic acids is 1. The molecule has 2 atom stereocenters. The smallest absolute Gasteiger partial charge is 0.463 e. The van der Waals surface area contributed by atoms with E-state index < -0.39 is 36.9 Å². The number of aliphatic hydroxyl groups is 2. The molecule has 0 radical (unpaired) electrons. The Kier molecular flexibility index (Phi) is 5.95. The third-order valence-corrected chi connectivity index (χ3v) is 5.68. The van der Waals surface area contributed by atoms with Gasteiger partial charge in [0, 0.05) is 36.9 Å². The van der Waals surface area contributed by atoms with E-state index in [1.165, 1.54) is 4.90 Å². The van der Waals surface area contributed by atoms with E-state index in [9.17, 15) is 9.90 Å². The Morgan fingerprint density at radius 2 is 1.93 bits per heavy atom. The zero-order valence-corrected chi connectivity index (χ0v) is 16.8. The molecule has 2 aliphatic rings. The molecule has 2 N–H and O–H groups in total. The van der Waals surface area contributed by atoms with E-state index in [4.69, 9.17) is 19.2 Å². The van der Waals surface area contributed by atoms with Gasteiger partial charge in [-0.3, -0.25) is 4.79 Å². The lowest BCUT2D eigenvalue weighted by molar-refractivity contribution is -0.141. The number of ether oxygens (including phenoxy) is 1. The molecule has 3 heterocycles. The number of aromatic nitrogens is 2. The van der Waals surface area contributed by atoms with Crippen LogP contribution in [-0.4, -0.2) is 81.7 Å². The molecule has 0 spiro atoms. The first-order valence-electron chi connectivity index (χ1n) is 9.51. The van der Waals surface area contributed by atoms with Gasteiger partial charge in [0.25, 0.3) is 5.91 Å². The summed E-state index contributed by atoms with van der Waals surface area (Å²) in [5.41, 5.74) is -0.133. The van der Waals surface area contributed by atoms with Crippen LogP contribution in [0.3, 0.4) is 0 Å². The Balaban J connectivity index is 1.50. The van der Waals surface area contributed by atoms with Crippen molar-refractivity contribution < 1.29 is 29.1 Å². The second kappa shape index (κ2) is 7.94. The predicted octanol–water partition coefficient (Wildman–Crippen LogP) is -0.644. The Morgan fingerprint density at radius 1 is 1.32 bits per heavy atom. The van der Waals surface area contributed by atoms with Crippen molar-refractivity contribution in [2.45, 2.75) is 51.4 Å². The molecule has 2 aliphatic heterocycles. The molecular weight excluding hydrogens is 365 g/mol. The summed E-state index contributed by atoms with van der Waals surface area (Å²) < 4.78 is 17.6. The number of hydrogen-bond donors (Lipinski definition) is 2. The van der Waals surface area contributed by atoms with Gasteiger partial charge in [-0.15, -0.1) is 0 Å². The Hall–Kier alpha value is -1.75. The van der Waals surface area contributed by atoms with Gasteiger partial charge in [-0.1, -0.05) is 0 Å². The van der Waals surface area contributed by atoms with Crippen molar-refractivity contribution in [3.05, 3.63) is 12.4 Å². The monoisotopic (exact) mass is 393 g/mol. The lowest BCUT2D eigenvalue weighted by Gasteiger charge is -2.32. The topological polar surface area (TPSA) is 114 Å². The number of hydrogen-bond acceptors (Lipinski definition) is 8. The van der Waals surface area contributed by atoms with E-state index in [2.05, 4.69) is 9.97 Å². The Morgan fingerprint density at radius 3 is 2.50 bits per heavy atom. The average Bonchev–Trinajstić information content (AvgIpc) is 3.21. The van der Waals surface area contributed by atoms with Crippen molar-refractivity contribution in [3.63, 3.8) is 0 Å². The van der Waals surface area contributed by atoms with Crippen LogP contribution in [0.4, 0.5) is 0 Å². The first-order chi connectivity index (χ1) is 13.1. The summed E-state index contributed by atoms with van der Waals surface area (Å²) in [6, 6.07) is 0.250. The second-order valence-electron chi connectivity index (χ2n) is 8.34. The summed E-state index contributed by atoms with van der Waals surface area (Å²) >= 11 is 0. The van der Waals surface area contributed by atoms with Gasteiger partial charge in [-0.2, -0.15) is 0 Å². The maximum atomic E-state index is 11.9. The summed E-state index contributed by atoms with van der Waals surface area (Å²) in [7, 11) is -0.522. The molecule has 0 aromatic carbocycles. The van der Waals surface area contributed by atoms with Crippen molar-refractivity contribution in [1.29, 1.82) is 0 Å². The van der Waals surface area contributed by atoms with Gasteiger partial charge in [0.2, 0.25) is 0 Å². The van der Waals surface area contributed by atoms with Crippen LogP contribution in [0.15, 0.2) is 12.4 Å². The largest absolute Gasteiger partial charge is 0.498 e. The van der Waals surface area contributed by atoms with Gasteiger partial charge in [0.15, 0.2) is 6.10 Å². The van der Waals surface area contributed by atoms with Gasteiger partial charge in [-0.25, -0.2) is 9.97 Å². The minimum absolute atomic E-state index is 0.126. The average molecular weight is 393 g/mol. The fourth-order valence-corrected chi connectivity index (χ4v) is 3.15. The molecule has 10 heteroatoms. The van der Waals surface area contributed by atoms with Crippen LogP contribution >= 0.6 is 0 Å². The summed E-state index contributed by atoms with van der Waals surface area (Å²) in [4.78, 5) is 21.9. The summed E-state index contributed by atoms with van der Waals surface area (Å²) in [6.07, 6.45) is 2.67. The maximum Gasteiger partial charge on any atom is 0.498 e. The van der Waals surface area contributed by atoms with E-state index in [0.29, 0.717) is 19.7 Å². The first kappa shape index (κ1) is 21.0. The molecular formula is C18H28BN3O6. The first-order valence-corrected chi connectivity index (χ1v) is 9.51. The van der Waals surface area contributed by atoms with Crippen LogP contribution < -0.4 is 10.2 Å². The Labute approximate surface area is 165 Å². The van der Waals surface area contributed by atoms with E-state index in [0.717, 1.165) is 11.9 Å². The van der Waals surface area contributed by atoms with Crippen LogP contribution in [0.2, 0.25) is 0 Å². The van der Waals surface area contributed by atoms with Crippen molar-refractivity contribution in [3.8, 4) is 6.01 Å². The van der Waals surface area contributed by atoms with Crippen LogP contribution in [-0.2, 0) is 14.1 Å². The van der Waals surface area contributed by atoms with Gasteiger partial charge in [-0.05, 0) is 34.1 Å². The van der Waals surface area contributed by atoms with E-state index in [1.807, 2.05) is 27.7 Å². The molecule has 9 nitrogen and oxygen atoms in total. The Bertz CT molecular complexity index is 683. The van der Waals surface area contributed by atoms with Crippen LogP contribution in [0, 0.1) is 5.92 Å². The molecule has 154 valence electrons. The van der Waals surface area contributed by atoms with Crippen LogP contribution in [0.1, 0.15) is 34.1 Å². The number of amides is 1. The maximum absolute atomic E-state index is 11.9. The van der Waals surface area contributed by atoms with Gasteiger partial charge >= 0.3 is 13.1 Å². The normalized spacial score (nSPS) is 24.4. The lowest BCUT2D eigenvalue weighted by Crippen LogP contribution is -2.41. The fraction of sp³-hybridized carbons (Fsp3) is 0.722. The quantitative estimate of drug-likeness (QED) is 0.614. The molecule has 0 unspecified atom stereocenters. The standard InChI is InChI=1S/C18H28BN3O6/c1-17(2)18(3,4)28-19(27-17)13-7-20-16(21-8-13)26-11-12-5-6-22(9-12)15(25)14(24)10-23/h7-8,12,14,23-24H,5-6,9-11H2,1-4H3/t12-,14-/m0/s1. The van der Waals surface area contributed by atoms with Crippen molar-refractivity contribution in [2.24, 2.45) is 5.92 Å². The zero-order valence-electron chi connectivity index (χ0n) is 16.8. The molecule has 0 aliphatic carbocycles. The van der Waals surface area contributed by atoms with Crippen LogP contribution in [0.25, 0.3) is 0 Å². The van der Waals surface area contributed by atoms with Crippen LogP contribution in [0.5, 0.6) is 6.01 Å².